The van der Waals surface area contributed by atoms with Gasteiger partial charge in [0.05, 0.1) is 0 Å². The molecule has 1 saturated heterocycles. The number of amides is 1. The lowest BCUT2D eigenvalue weighted by molar-refractivity contribution is 0.0180. The smallest absolute Gasteiger partial charge is 0.410 e. The van der Waals surface area contributed by atoms with Gasteiger partial charge < -0.3 is 20.3 Å². The Morgan fingerprint density at radius 3 is 2.78 bits per heavy atom. The highest BCUT2D eigenvalue weighted by Gasteiger charge is 2.33. The number of hydrogen-bond acceptors (Lipinski definition) is 4. The molecule has 23 heavy (non-hydrogen) atoms. The van der Waals surface area contributed by atoms with Gasteiger partial charge in [-0.25, -0.2) is 4.79 Å². The Labute approximate surface area is 138 Å². The summed E-state index contributed by atoms with van der Waals surface area (Å²) < 4.78 is 5.52. The van der Waals surface area contributed by atoms with E-state index in [-0.39, 0.29) is 18.2 Å². The van der Waals surface area contributed by atoms with Crippen LogP contribution in [0.3, 0.4) is 0 Å². The highest BCUT2D eigenvalue weighted by atomic mass is 16.6. The molecule has 2 N–H and O–H groups in total. The second-order valence-electron chi connectivity index (χ2n) is 7.37. The Hall–Kier alpha value is -1.59. The van der Waals surface area contributed by atoms with Crippen LogP contribution in [0.1, 0.15) is 37.9 Å². The number of carbonyl (C=O) groups excluding carboxylic acids is 1. The van der Waals surface area contributed by atoms with Crippen LogP contribution in [-0.4, -0.2) is 48.8 Å². The van der Waals surface area contributed by atoms with Crippen molar-refractivity contribution in [3.8, 4) is 0 Å². The molecule has 1 amide bonds. The third kappa shape index (κ3) is 3.85. The largest absolute Gasteiger partial charge is 0.444 e. The molecule has 3 rings (SSSR count). The van der Waals surface area contributed by atoms with Crippen LogP contribution >= 0.6 is 0 Å². The number of rotatable bonds is 1. The van der Waals surface area contributed by atoms with Gasteiger partial charge in [-0.3, -0.25) is 0 Å². The predicted molar refractivity (Wildman–Crippen MR) is 90.5 cm³/mol. The number of nitrogens with zero attached hydrogens (tertiary/aromatic N) is 1. The third-order valence-corrected chi connectivity index (χ3v) is 4.41. The molecule has 2 heterocycles. The molecule has 5 heteroatoms. The number of benzene rings is 1. The molecule has 5 nitrogen and oxygen atoms in total. The molecule has 0 saturated carbocycles. The first-order valence-electron chi connectivity index (χ1n) is 8.46. The average molecular weight is 317 g/mol. The van der Waals surface area contributed by atoms with Crippen molar-refractivity contribution in [1.29, 1.82) is 0 Å². The molecule has 2 aliphatic rings. The summed E-state index contributed by atoms with van der Waals surface area (Å²) in [5, 5.41) is 7.18. The summed E-state index contributed by atoms with van der Waals surface area (Å²) in [4.78, 5) is 14.2. The van der Waals surface area contributed by atoms with Gasteiger partial charge in [-0.15, -0.1) is 0 Å². The van der Waals surface area contributed by atoms with Crippen molar-refractivity contribution in [2.24, 2.45) is 0 Å². The molecule has 2 aliphatic heterocycles. The van der Waals surface area contributed by atoms with Gasteiger partial charge in [0, 0.05) is 31.7 Å². The summed E-state index contributed by atoms with van der Waals surface area (Å²) in [6, 6.07) is 9.04. The molecule has 2 atom stereocenters. The molecular weight excluding hydrogens is 290 g/mol. The fraction of sp³-hybridized carbons (Fsp3) is 0.611. The van der Waals surface area contributed by atoms with Crippen molar-refractivity contribution in [3.63, 3.8) is 0 Å². The van der Waals surface area contributed by atoms with Gasteiger partial charge in [-0.2, -0.15) is 0 Å². The van der Waals surface area contributed by atoms with E-state index < -0.39 is 5.60 Å². The number of fused-ring (bicyclic) bond motifs is 1. The zero-order valence-corrected chi connectivity index (χ0v) is 14.3. The fourth-order valence-electron chi connectivity index (χ4n) is 3.39. The molecule has 126 valence electrons. The first-order valence-corrected chi connectivity index (χ1v) is 8.46. The molecule has 0 aliphatic carbocycles. The Morgan fingerprint density at radius 2 is 2.00 bits per heavy atom. The quantitative estimate of drug-likeness (QED) is 0.833. The van der Waals surface area contributed by atoms with Gasteiger partial charge in [-0.05, 0) is 44.9 Å². The van der Waals surface area contributed by atoms with Crippen LogP contribution in [0.4, 0.5) is 4.79 Å². The van der Waals surface area contributed by atoms with E-state index >= 15 is 0 Å². The average Bonchev–Trinajstić information content (AvgIpc) is 2.53. The normalized spacial score (nSPS) is 24.9. The Bertz CT molecular complexity index is 568. The van der Waals surface area contributed by atoms with Gasteiger partial charge in [0.15, 0.2) is 0 Å². The summed E-state index contributed by atoms with van der Waals surface area (Å²) in [7, 11) is 0. The van der Waals surface area contributed by atoms with Crippen LogP contribution in [0, 0.1) is 0 Å². The molecule has 1 aromatic rings. The van der Waals surface area contributed by atoms with E-state index in [4.69, 9.17) is 4.74 Å². The van der Waals surface area contributed by atoms with E-state index in [0.717, 1.165) is 19.5 Å². The second kappa shape index (κ2) is 6.49. The number of nitrogens with one attached hydrogen (secondary N) is 2. The lowest BCUT2D eigenvalue weighted by Gasteiger charge is -2.40. The molecule has 2 unspecified atom stereocenters. The van der Waals surface area contributed by atoms with E-state index in [1.807, 2.05) is 25.7 Å². The van der Waals surface area contributed by atoms with Crippen LogP contribution in [-0.2, 0) is 11.2 Å². The standard InChI is InChI=1S/C18H27N3O2/c1-18(2,3)23-17(22)21-11-10-19-15(12-21)16-14-7-5-4-6-13(14)8-9-20-16/h4-7,15-16,19-20H,8-12H2,1-3H3. The highest BCUT2D eigenvalue weighted by molar-refractivity contribution is 5.68. The van der Waals surface area contributed by atoms with Gasteiger partial charge >= 0.3 is 6.09 Å². The van der Waals surface area contributed by atoms with E-state index in [0.29, 0.717) is 13.1 Å². The summed E-state index contributed by atoms with van der Waals surface area (Å²) in [5.74, 6) is 0. The first-order chi connectivity index (χ1) is 10.9. The zero-order valence-electron chi connectivity index (χ0n) is 14.3. The number of ether oxygens (including phenoxy) is 1. The number of piperazine rings is 1. The van der Waals surface area contributed by atoms with Gasteiger partial charge in [0.25, 0.3) is 0 Å². The molecule has 0 radical (unpaired) electrons. The highest BCUT2D eigenvalue weighted by Crippen LogP contribution is 2.27. The maximum Gasteiger partial charge on any atom is 0.410 e. The molecule has 0 bridgehead atoms. The Morgan fingerprint density at radius 1 is 1.22 bits per heavy atom. The van der Waals surface area contributed by atoms with Gasteiger partial charge in [0.1, 0.15) is 5.60 Å². The van der Waals surface area contributed by atoms with Crippen LogP contribution in [0.25, 0.3) is 0 Å². The van der Waals surface area contributed by atoms with E-state index in [2.05, 4.69) is 34.9 Å². The van der Waals surface area contributed by atoms with Crippen molar-refractivity contribution < 1.29 is 9.53 Å². The lowest BCUT2D eigenvalue weighted by atomic mass is 9.89. The summed E-state index contributed by atoms with van der Waals surface area (Å²) >= 11 is 0. The van der Waals surface area contributed by atoms with Crippen LogP contribution < -0.4 is 10.6 Å². The monoisotopic (exact) mass is 317 g/mol. The van der Waals surface area contributed by atoms with Crippen molar-refractivity contribution >= 4 is 6.09 Å². The molecule has 1 aromatic carbocycles. The number of hydrogen-bond donors (Lipinski definition) is 2. The Balaban J connectivity index is 1.71. The lowest BCUT2D eigenvalue weighted by Crippen LogP contribution is -2.58. The number of carbonyl (C=O) groups is 1. The van der Waals surface area contributed by atoms with Crippen LogP contribution in [0.5, 0.6) is 0 Å². The Kier molecular flexibility index (Phi) is 4.60. The summed E-state index contributed by atoms with van der Waals surface area (Å²) in [6.07, 6.45) is 0.850. The van der Waals surface area contributed by atoms with E-state index in [1.165, 1.54) is 11.1 Å². The van der Waals surface area contributed by atoms with Gasteiger partial charge in [-0.1, -0.05) is 24.3 Å². The topological polar surface area (TPSA) is 53.6 Å². The third-order valence-electron chi connectivity index (χ3n) is 4.41. The minimum Gasteiger partial charge on any atom is -0.444 e. The maximum atomic E-state index is 12.3. The molecule has 0 spiro atoms. The molecule has 0 aromatic heterocycles. The van der Waals surface area contributed by atoms with Crippen molar-refractivity contribution in [3.05, 3.63) is 35.4 Å². The maximum absolute atomic E-state index is 12.3. The fourth-order valence-corrected chi connectivity index (χ4v) is 3.39. The zero-order chi connectivity index (χ0) is 16.4. The van der Waals surface area contributed by atoms with Crippen LogP contribution in [0.15, 0.2) is 24.3 Å². The van der Waals surface area contributed by atoms with Crippen molar-refractivity contribution in [2.45, 2.75) is 44.9 Å². The van der Waals surface area contributed by atoms with Crippen molar-refractivity contribution in [2.75, 3.05) is 26.2 Å². The molecular formula is C18H27N3O2. The van der Waals surface area contributed by atoms with Crippen molar-refractivity contribution in [1.82, 2.24) is 15.5 Å². The predicted octanol–water partition coefficient (Wildman–Crippen LogP) is 2.08. The summed E-state index contributed by atoms with van der Waals surface area (Å²) in [5.41, 5.74) is 2.31. The van der Waals surface area contributed by atoms with E-state index in [9.17, 15) is 4.79 Å². The second-order valence-corrected chi connectivity index (χ2v) is 7.37. The van der Waals surface area contributed by atoms with Crippen LogP contribution in [0.2, 0.25) is 0 Å². The first kappa shape index (κ1) is 16.3. The summed E-state index contributed by atoms with van der Waals surface area (Å²) in [6.45, 7) is 8.85. The SMILES string of the molecule is CC(C)(C)OC(=O)N1CCNC(C2NCCc3ccccc32)C1. The van der Waals surface area contributed by atoms with E-state index in [1.54, 1.807) is 0 Å². The minimum atomic E-state index is -0.451. The van der Waals surface area contributed by atoms with Gasteiger partial charge in [0.2, 0.25) is 0 Å². The minimum absolute atomic E-state index is 0.206. The molecule has 1 fully saturated rings.